The lowest BCUT2D eigenvalue weighted by Gasteiger charge is -2.12. The molecule has 0 fully saturated rings. The fourth-order valence-electron chi connectivity index (χ4n) is 2.90. The number of benzene rings is 3. The summed E-state index contributed by atoms with van der Waals surface area (Å²) < 4.78 is 34.1. The van der Waals surface area contributed by atoms with Crippen LogP contribution in [0.4, 0.5) is 11.4 Å². The molecule has 0 aliphatic rings. The Hall–Kier alpha value is -3.83. The van der Waals surface area contributed by atoms with Gasteiger partial charge in [0.1, 0.15) is 11.6 Å². The van der Waals surface area contributed by atoms with Crippen molar-refractivity contribution < 1.29 is 22.9 Å². The van der Waals surface area contributed by atoms with Crippen molar-refractivity contribution in [1.29, 1.82) is 0 Å². The Morgan fingerprint density at radius 2 is 1.81 bits per heavy atom. The van der Waals surface area contributed by atoms with Crippen LogP contribution in [0.5, 0.6) is 0 Å². The van der Waals surface area contributed by atoms with Gasteiger partial charge in [-0.3, -0.25) is 14.8 Å². The quantitative estimate of drug-likeness (QED) is 0.242. The normalized spacial score (nSPS) is 11.2. The fourth-order valence-corrected chi connectivity index (χ4v) is 4.90. The molecule has 0 saturated heterocycles. The number of fused-ring (bicyclic) bond motifs is 1. The van der Waals surface area contributed by atoms with E-state index >= 15 is 0 Å². The number of nitro benzene ring substituents is 1. The number of rotatable bonds is 7. The molecule has 1 aromatic heterocycles. The number of carbonyl (C=O) groups excluding carboxylic acids is 1. The number of sulfonamides is 1. The highest BCUT2D eigenvalue weighted by atomic mass is 32.2. The highest BCUT2D eigenvalue weighted by molar-refractivity contribution is 7.92. The molecule has 1 heterocycles. The molecule has 0 bridgehead atoms. The van der Waals surface area contributed by atoms with E-state index in [1.54, 1.807) is 12.1 Å². The van der Waals surface area contributed by atoms with Crippen LogP contribution in [0.3, 0.4) is 0 Å². The van der Waals surface area contributed by atoms with Crippen molar-refractivity contribution in [3.63, 3.8) is 0 Å². The predicted molar refractivity (Wildman–Crippen MR) is 119 cm³/mol. The first-order valence-electron chi connectivity index (χ1n) is 9.21. The highest BCUT2D eigenvalue weighted by Crippen LogP contribution is 2.25. The molecule has 32 heavy (non-hydrogen) atoms. The van der Waals surface area contributed by atoms with E-state index in [1.165, 1.54) is 41.7 Å². The van der Waals surface area contributed by atoms with E-state index in [9.17, 15) is 23.3 Å². The summed E-state index contributed by atoms with van der Waals surface area (Å²) in [6, 6.07) is 18.1. The summed E-state index contributed by atoms with van der Waals surface area (Å²) in [7, 11) is -4.18. The van der Waals surface area contributed by atoms with Gasteiger partial charge in [-0.05, 0) is 30.3 Å². The van der Waals surface area contributed by atoms with Gasteiger partial charge in [0.15, 0.2) is 0 Å². The molecule has 3 aromatic carbocycles. The lowest BCUT2D eigenvalue weighted by molar-refractivity contribution is -0.385. The van der Waals surface area contributed by atoms with Crippen LogP contribution in [-0.4, -0.2) is 24.3 Å². The van der Waals surface area contributed by atoms with Crippen molar-refractivity contribution >= 4 is 48.9 Å². The zero-order chi connectivity index (χ0) is 22.7. The number of ether oxygens (including phenoxy) is 1. The van der Waals surface area contributed by atoms with Crippen LogP contribution in [0.1, 0.15) is 15.4 Å². The largest absolute Gasteiger partial charge is 0.455 e. The van der Waals surface area contributed by atoms with Gasteiger partial charge in [0.25, 0.3) is 15.7 Å². The maximum Gasteiger partial charge on any atom is 0.340 e. The lowest BCUT2D eigenvalue weighted by atomic mass is 10.2. The van der Waals surface area contributed by atoms with Crippen molar-refractivity contribution in [2.45, 2.75) is 11.5 Å². The second-order valence-electron chi connectivity index (χ2n) is 6.56. The molecular weight excluding hydrogens is 454 g/mol. The van der Waals surface area contributed by atoms with E-state index in [0.29, 0.717) is 5.01 Å². The van der Waals surface area contributed by atoms with Crippen LogP contribution >= 0.6 is 11.3 Å². The summed E-state index contributed by atoms with van der Waals surface area (Å²) in [6.45, 7) is -0.0653. The zero-order valence-electron chi connectivity index (χ0n) is 16.3. The third-order valence-corrected chi connectivity index (χ3v) is 6.77. The van der Waals surface area contributed by atoms with Gasteiger partial charge in [-0.1, -0.05) is 30.3 Å². The lowest BCUT2D eigenvalue weighted by Crippen LogP contribution is -2.16. The Morgan fingerprint density at radius 3 is 2.59 bits per heavy atom. The highest BCUT2D eigenvalue weighted by Gasteiger charge is 2.21. The number of nitro groups is 1. The zero-order valence-corrected chi connectivity index (χ0v) is 17.9. The molecule has 0 radical (unpaired) electrons. The van der Waals surface area contributed by atoms with Gasteiger partial charge < -0.3 is 4.74 Å². The topological polar surface area (TPSA) is 128 Å². The third kappa shape index (κ3) is 4.58. The molecule has 0 atom stereocenters. The summed E-state index contributed by atoms with van der Waals surface area (Å²) in [5.74, 6) is -0.735. The standard InChI is InChI=1S/C21H15N3O6S2/c25-21(30-13-20-22-18-10-3-4-11-19(18)31-20)16-8-1-2-9-17(16)23-32(28,29)15-7-5-6-14(12-15)24(26)27/h1-12,23H,13H2. The molecule has 0 unspecified atom stereocenters. The van der Waals surface area contributed by atoms with Crippen molar-refractivity contribution in [3.8, 4) is 0 Å². The van der Waals surface area contributed by atoms with Crippen molar-refractivity contribution in [3.05, 3.63) is 93.5 Å². The Labute approximate surface area is 186 Å². The number of thiazole rings is 1. The second kappa shape index (κ2) is 8.73. The Morgan fingerprint density at radius 1 is 1.06 bits per heavy atom. The van der Waals surface area contributed by atoms with Crippen molar-refractivity contribution in [2.75, 3.05) is 4.72 Å². The van der Waals surface area contributed by atoms with Gasteiger partial charge >= 0.3 is 5.97 Å². The van der Waals surface area contributed by atoms with Crippen LogP contribution in [-0.2, 0) is 21.4 Å². The van der Waals surface area contributed by atoms with Gasteiger partial charge in [-0.2, -0.15) is 0 Å². The van der Waals surface area contributed by atoms with Crippen LogP contribution in [0, 0.1) is 10.1 Å². The minimum atomic E-state index is -4.18. The smallest absolute Gasteiger partial charge is 0.340 e. The molecule has 0 aliphatic carbocycles. The number of anilines is 1. The monoisotopic (exact) mass is 469 g/mol. The molecule has 9 nitrogen and oxygen atoms in total. The first-order chi connectivity index (χ1) is 15.3. The molecule has 0 aliphatic heterocycles. The van der Waals surface area contributed by atoms with E-state index in [-0.39, 0.29) is 28.4 Å². The molecule has 1 N–H and O–H groups in total. The second-order valence-corrected chi connectivity index (χ2v) is 9.35. The van der Waals surface area contributed by atoms with Crippen molar-refractivity contribution in [2.24, 2.45) is 0 Å². The SMILES string of the molecule is O=C(OCc1nc2ccccc2s1)c1ccccc1NS(=O)(=O)c1cccc([N+](=O)[O-])c1. The Bertz CT molecular complexity index is 1400. The minimum absolute atomic E-state index is 0.00242. The molecular formula is C21H15N3O6S2. The summed E-state index contributed by atoms with van der Waals surface area (Å²) in [5, 5.41) is 11.6. The molecule has 4 rings (SSSR count). The van der Waals surface area contributed by atoms with E-state index in [2.05, 4.69) is 9.71 Å². The van der Waals surface area contributed by atoms with E-state index in [0.717, 1.165) is 16.3 Å². The first kappa shape index (κ1) is 21.4. The minimum Gasteiger partial charge on any atom is -0.455 e. The molecule has 0 amide bonds. The third-order valence-electron chi connectivity index (χ3n) is 4.39. The summed E-state index contributed by atoms with van der Waals surface area (Å²) in [4.78, 5) is 27.0. The average Bonchev–Trinajstić information content (AvgIpc) is 3.21. The van der Waals surface area contributed by atoms with Gasteiger partial charge in [0.2, 0.25) is 0 Å². The van der Waals surface area contributed by atoms with Crippen molar-refractivity contribution in [1.82, 2.24) is 4.98 Å². The van der Waals surface area contributed by atoms with Gasteiger partial charge in [-0.15, -0.1) is 11.3 Å². The average molecular weight is 470 g/mol. The van der Waals surface area contributed by atoms with Crippen LogP contribution in [0.25, 0.3) is 10.2 Å². The fraction of sp³-hybridized carbons (Fsp3) is 0.0476. The maximum atomic E-state index is 12.7. The number of aromatic nitrogens is 1. The number of carbonyl (C=O) groups is 1. The molecule has 162 valence electrons. The predicted octanol–water partition coefficient (Wildman–Crippen LogP) is 4.36. The molecule has 11 heteroatoms. The van der Waals surface area contributed by atoms with Gasteiger partial charge in [0.05, 0.1) is 31.3 Å². The van der Waals surface area contributed by atoms with E-state index < -0.39 is 20.9 Å². The van der Waals surface area contributed by atoms with Crippen LogP contribution in [0.15, 0.2) is 77.7 Å². The van der Waals surface area contributed by atoms with Crippen LogP contribution in [0.2, 0.25) is 0 Å². The maximum absolute atomic E-state index is 12.7. The number of para-hydroxylation sites is 2. The van der Waals surface area contributed by atoms with Gasteiger partial charge in [-0.25, -0.2) is 18.2 Å². The number of non-ortho nitro benzene ring substituents is 1. The Kier molecular flexibility index (Phi) is 5.84. The number of nitrogens with zero attached hydrogens (tertiary/aromatic N) is 2. The van der Waals surface area contributed by atoms with E-state index in [4.69, 9.17) is 4.74 Å². The van der Waals surface area contributed by atoms with E-state index in [1.807, 2.05) is 24.3 Å². The summed E-state index contributed by atoms with van der Waals surface area (Å²) in [5.41, 5.74) is 0.431. The summed E-state index contributed by atoms with van der Waals surface area (Å²) in [6.07, 6.45) is 0. The first-order valence-corrected chi connectivity index (χ1v) is 11.5. The molecule has 0 saturated carbocycles. The number of hydrogen-bond donors (Lipinski definition) is 1. The van der Waals surface area contributed by atoms with Gasteiger partial charge in [0, 0.05) is 12.1 Å². The molecule has 4 aromatic rings. The Balaban J connectivity index is 1.53. The summed E-state index contributed by atoms with van der Waals surface area (Å²) >= 11 is 1.39. The number of hydrogen-bond acceptors (Lipinski definition) is 8. The number of esters is 1. The molecule has 0 spiro atoms. The number of nitrogens with one attached hydrogen (secondary N) is 1. The van der Waals surface area contributed by atoms with Crippen LogP contribution < -0.4 is 4.72 Å².